The summed E-state index contributed by atoms with van der Waals surface area (Å²) in [7, 11) is 0. The topological polar surface area (TPSA) is 71.2 Å². The fourth-order valence-corrected chi connectivity index (χ4v) is 2.23. The third-order valence-electron chi connectivity index (χ3n) is 3.30. The molecule has 1 aromatic carbocycles. The summed E-state index contributed by atoms with van der Waals surface area (Å²) in [6, 6.07) is 4.48. The van der Waals surface area contributed by atoms with Crippen molar-refractivity contribution in [3.63, 3.8) is 0 Å². The lowest BCUT2D eigenvalue weighted by molar-refractivity contribution is -0.137. The number of rotatable bonds is 2. The fraction of sp³-hybridized carbons (Fsp3) is 0.385. The number of nitrogens with one attached hydrogen (secondary N) is 1. The van der Waals surface area contributed by atoms with E-state index in [9.17, 15) is 18.3 Å². The first kappa shape index (κ1) is 14.0. The first-order chi connectivity index (χ1) is 9.93. The molecule has 0 amide bonds. The van der Waals surface area contributed by atoms with Crippen LogP contribution in [0.4, 0.5) is 13.2 Å². The van der Waals surface area contributed by atoms with Gasteiger partial charge in [0.05, 0.1) is 17.7 Å². The van der Waals surface area contributed by atoms with E-state index in [1.165, 1.54) is 12.1 Å². The van der Waals surface area contributed by atoms with Crippen LogP contribution in [0.1, 0.15) is 23.9 Å². The van der Waals surface area contributed by atoms with Gasteiger partial charge in [0.15, 0.2) is 0 Å². The Balaban J connectivity index is 1.86. The van der Waals surface area contributed by atoms with Crippen LogP contribution in [0.2, 0.25) is 0 Å². The number of aliphatic hydroxyl groups is 1. The lowest BCUT2D eigenvalue weighted by Crippen LogP contribution is -2.15. The minimum atomic E-state index is -4.42. The van der Waals surface area contributed by atoms with Gasteiger partial charge in [-0.2, -0.15) is 18.2 Å². The van der Waals surface area contributed by atoms with E-state index < -0.39 is 17.8 Å². The van der Waals surface area contributed by atoms with Crippen LogP contribution in [0.5, 0.6) is 0 Å². The smallest absolute Gasteiger partial charge is 0.392 e. The van der Waals surface area contributed by atoms with Gasteiger partial charge in [0.25, 0.3) is 0 Å². The number of benzene rings is 1. The highest BCUT2D eigenvalue weighted by atomic mass is 19.4. The van der Waals surface area contributed by atoms with E-state index in [1.807, 2.05) is 0 Å². The van der Waals surface area contributed by atoms with Crippen molar-refractivity contribution in [1.29, 1.82) is 0 Å². The summed E-state index contributed by atoms with van der Waals surface area (Å²) < 4.78 is 43.1. The van der Waals surface area contributed by atoms with Crippen molar-refractivity contribution < 1.29 is 22.8 Å². The molecule has 0 spiro atoms. The Kier molecular flexibility index (Phi) is 3.42. The summed E-state index contributed by atoms with van der Waals surface area (Å²) in [5.41, 5.74) is -0.529. The average molecular weight is 299 g/mol. The van der Waals surface area contributed by atoms with Gasteiger partial charge in [0.1, 0.15) is 0 Å². The predicted octanol–water partition coefficient (Wildman–Crippen LogP) is 2.15. The molecular weight excluding hydrogens is 287 g/mol. The fourth-order valence-electron chi connectivity index (χ4n) is 2.23. The Morgan fingerprint density at radius 3 is 2.81 bits per heavy atom. The van der Waals surface area contributed by atoms with Gasteiger partial charge >= 0.3 is 6.18 Å². The Bertz CT molecular complexity index is 642. The molecule has 5 nitrogen and oxygen atoms in total. The van der Waals surface area contributed by atoms with Crippen LogP contribution >= 0.6 is 0 Å². The summed E-state index contributed by atoms with van der Waals surface area (Å²) in [6.45, 7) is 0.423. The van der Waals surface area contributed by atoms with Crippen LogP contribution in [0.3, 0.4) is 0 Å². The summed E-state index contributed by atoms with van der Waals surface area (Å²) in [6.07, 6.45) is -4.47. The van der Waals surface area contributed by atoms with Gasteiger partial charge in [0.2, 0.25) is 11.7 Å². The molecule has 0 aliphatic carbocycles. The van der Waals surface area contributed by atoms with E-state index in [1.54, 1.807) is 0 Å². The molecule has 1 aromatic heterocycles. The van der Waals surface area contributed by atoms with Gasteiger partial charge in [-0.15, -0.1) is 0 Å². The number of β-amino-alcohol motifs (C(OH)–C–C–N with tert-alkyl or cyclic N) is 1. The molecule has 1 aliphatic heterocycles. The number of aliphatic hydroxyl groups excluding tert-OH is 1. The highest BCUT2D eigenvalue weighted by Crippen LogP contribution is 2.32. The summed E-state index contributed by atoms with van der Waals surface area (Å²) in [5, 5.41) is 16.1. The Hall–Kier alpha value is -1.93. The van der Waals surface area contributed by atoms with E-state index >= 15 is 0 Å². The third kappa shape index (κ3) is 2.91. The number of hydrogen-bond donors (Lipinski definition) is 2. The van der Waals surface area contributed by atoms with Gasteiger partial charge < -0.3 is 14.9 Å². The Morgan fingerprint density at radius 1 is 1.33 bits per heavy atom. The highest BCUT2D eigenvalue weighted by Gasteiger charge is 2.31. The minimum Gasteiger partial charge on any atom is -0.392 e. The number of hydrogen-bond acceptors (Lipinski definition) is 5. The second-order valence-corrected chi connectivity index (χ2v) is 4.89. The molecule has 0 radical (unpaired) electrons. The van der Waals surface area contributed by atoms with Gasteiger partial charge in [-0.3, -0.25) is 0 Å². The number of aromatic nitrogens is 2. The van der Waals surface area contributed by atoms with Crippen LogP contribution < -0.4 is 5.32 Å². The van der Waals surface area contributed by atoms with Gasteiger partial charge in [-0.25, -0.2) is 0 Å². The number of halogens is 3. The maximum absolute atomic E-state index is 12.7. The first-order valence-corrected chi connectivity index (χ1v) is 6.36. The zero-order valence-corrected chi connectivity index (χ0v) is 10.8. The summed E-state index contributed by atoms with van der Waals surface area (Å²) in [4.78, 5) is 4.10. The van der Waals surface area contributed by atoms with Crippen molar-refractivity contribution in [2.45, 2.75) is 24.7 Å². The molecule has 2 heterocycles. The number of alkyl halides is 3. The van der Waals surface area contributed by atoms with Crippen LogP contribution in [-0.2, 0) is 6.18 Å². The molecule has 2 N–H and O–H groups in total. The third-order valence-corrected chi connectivity index (χ3v) is 3.30. The molecular formula is C13H12F3N3O2. The molecule has 1 aliphatic rings. The molecule has 1 fully saturated rings. The largest absolute Gasteiger partial charge is 0.416 e. The van der Waals surface area contributed by atoms with Crippen molar-refractivity contribution in [2.75, 3.05) is 6.54 Å². The zero-order valence-electron chi connectivity index (χ0n) is 10.8. The Morgan fingerprint density at radius 2 is 2.14 bits per heavy atom. The second-order valence-electron chi connectivity index (χ2n) is 4.89. The lowest BCUT2D eigenvalue weighted by Gasteiger charge is -2.06. The van der Waals surface area contributed by atoms with Crippen LogP contribution in [0.25, 0.3) is 11.4 Å². The van der Waals surface area contributed by atoms with Crippen molar-refractivity contribution in [3.8, 4) is 11.4 Å². The molecule has 0 bridgehead atoms. The van der Waals surface area contributed by atoms with Gasteiger partial charge in [0, 0.05) is 12.1 Å². The predicted molar refractivity (Wildman–Crippen MR) is 66.1 cm³/mol. The van der Waals surface area contributed by atoms with Crippen LogP contribution in [-0.4, -0.2) is 27.9 Å². The van der Waals surface area contributed by atoms with Crippen molar-refractivity contribution >= 4 is 0 Å². The summed E-state index contributed by atoms with van der Waals surface area (Å²) in [5.74, 6) is 0.359. The number of nitrogens with zero attached hydrogens (tertiary/aromatic N) is 2. The molecule has 8 heteroatoms. The van der Waals surface area contributed by atoms with Gasteiger partial charge in [-0.1, -0.05) is 17.3 Å². The standard InChI is InChI=1S/C13H12F3N3O2/c14-13(15,16)8-3-1-2-7(4-8)11-18-12(21-19-11)10-5-9(20)6-17-10/h1-4,9-10,17,20H,5-6H2/t9-,10+/m0/s1. The Labute approximate surface area is 117 Å². The van der Waals surface area contributed by atoms with Crippen molar-refractivity contribution in [1.82, 2.24) is 15.5 Å². The van der Waals surface area contributed by atoms with E-state index in [-0.39, 0.29) is 23.3 Å². The lowest BCUT2D eigenvalue weighted by atomic mass is 10.1. The second kappa shape index (κ2) is 5.12. The average Bonchev–Trinajstić information content (AvgIpc) is 3.06. The summed E-state index contributed by atoms with van der Waals surface area (Å²) >= 11 is 0. The van der Waals surface area contributed by atoms with E-state index in [0.29, 0.717) is 13.0 Å². The molecule has 3 rings (SSSR count). The first-order valence-electron chi connectivity index (χ1n) is 6.36. The minimum absolute atomic E-state index is 0.0966. The molecule has 2 atom stereocenters. The maximum Gasteiger partial charge on any atom is 0.416 e. The molecule has 0 unspecified atom stereocenters. The van der Waals surface area contributed by atoms with E-state index in [2.05, 4.69) is 15.5 Å². The quantitative estimate of drug-likeness (QED) is 0.889. The van der Waals surface area contributed by atoms with E-state index in [4.69, 9.17) is 4.52 Å². The molecule has 1 saturated heterocycles. The highest BCUT2D eigenvalue weighted by molar-refractivity contribution is 5.55. The molecule has 21 heavy (non-hydrogen) atoms. The molecule has 2 aromatic rings. The van der Waals surface area contributed by atoms with E-state index in [0.717, 1.165) is 12.1 Å². The van der Waals surface area contributed by atoms with Crippen LogP contribution in [0.15, 0.2) is 28.8 Å². The maximum atomic E-state index is 12.7. The normalized spacial score (nSPS) is 22.7. The SMILES string of the molecule is O[C@@H]1CN[C@@H](c2nc(-c3cccc(C(F)(F)F)c3)no2)C1. The van der Waals surface area contributed by atoms with Crippen molar-refractivity contribution in [3.05, 3.63) is 35.7 Å². The molecule has 0 saturated carbocycles. The van der Waals surface area contributed by atoms with Crippen LogP contribution in [0, 0.1) is 0 Å². The molecule has 112 valence electrons. The monoisotopic (exact) mass is 299 g/mol. The zero-order chi connectivity index (χ0) is 15.0. The van der Waals surface area contributed by atoms with Crippen molar-refractivity contribution in [2.24, 2.45) is 0 Å². The van der Waals surface area contributed by atoms with Gasteiger partial charge in [-0.05, 0) is 18.6 Å².